The standard InChI is InChI=1S/C16H14N4.2C2H6/c1-12-4-2-6-14(10-12)19-16-18-9-7-15(20-16)13-5-3-8-17-11-13;2*1-2/h2-11H,1H3,(H,18,19,20);2*1-2H3. The van der Waals surface area contributed by atoms with E-state index < -0.39 is 0 Å². The normalized spacial score (nSPS) is 9.04. The van der Waals surface area contributed by atoms with Crippen LogP contribution in [0.25, 0.3) is 11.3 Å². The number of nitrogens with one attached hydrogen (secondary N) is 1. The first-order valence-corrected chi connectivity index (χ1v) is 8.38. The first-order chi connectivity index (χ1) is 11.8. The van der Waals surface area contributed by atoms with Crippen LogP contribution < -0.4 is 5.32 Å². The topological polar surface area (TPSA) is 50.7 Å². The second kappa shape index (κ2) is 10.9. The lowest BCUT2D eigenvalue weighted by atomic mass is 10.2. The van der Waals surface area contributed by atoms with E-state index in [0.717, 1.165) is 16.9 Å². The molecule has 1 aromatic carbocycles. The minimum atomic E-state index is 0.581. The molecular formula is C20H26N4. The molecule has 0 unspecified atom stereocenters. The molecule has 126 valence electrons. The maximum Gasteiger partial charge on any atom is 0.227 e. The molecule has 0 atom stereocenters. The van der Waals surface area contributed by atoms with Crippen molar-refractivity contribution in [3.8, 4) is 11.3 Å². The van der Waals surface area contributed by atoms with E-state index in [0.29, 0.717) is 5.95 Å². The smallest absolute Gasteiger partial charge is 0.227 e. The van der Waals surface area contributed by atoms with Crippen LogP contribution in [0.2, 0.25) is 0 Å². The highest BCUT2D eigenvalue weighted by molar-refractivity contribution is 5.61. The van der Waals surface area contributed by atoms with E-state index in [4.69, 9.17) is 0 Å². The van der Waals surface area contributed by atoms with Crippen molar-refractivity contribution in [3.63, 3.8) is 0 Å². The van der Waals surface area contributed by atoms with E-state index in [1.165, 1.54) is 5.56 Å². The van der Waals surface area contributed by atoms with Crippen molar-refractivity contribution >= 4 is 11.6 Å². The zero-order valence-corrected chi connectivity index (χ0v) is 15.1. The molecule has 0 bridgehead atoms. The quantitative estimate of drug-likeness (QED) is 0.677. The fourth-order valence-corrected chi connectivity index (χ4v) is 1.95. The van der Waals surface area contributed by atoms with Crippen LogP contribution in [0.1, 0.15) is 33.3 Å². The van der Waals surface area contributed by atoms with Gasteiger partial charge < -0.3 is 5.32 Å². The molecule has 3 rings (SSSR count). The Kier molecular flexibility index (Phi) is 8.76. The summed E-state index contributed by atoms with van der Waals surface area (Å²) in [5, 5.41) is 3.21. The van der Waals surface area contributed by atoms with E-state index in [-0.39, 0.29) is 0 Å². The van der Waals surface area contributed by atoms with Crippen molar-refractivity contribution in [1.82, 2.24) is 15.0 Å². The van der Waals surface area contributed by atoms with Gasteiger partial charge in [-0.3, -0.25) is 4.98 Å². The van der Waals surface area contributed by atoms with Crippen LogP contribution in [-0.4, -0.2) is 15.0 Å². The number of pyridine rings is 1. The predicted molar refractivity (Wildman–Crippen MR) is 102 cm³/mol. The van der Waals surface area contributed by atoms with E-state index in [9.17, 15) is 0 Å². The van der Waals surface area contributed by atoms with Crippen LogP contribution >= 0.6 is 0 Å². The van der Waals surface area contributed by atoms with Crippen molar-refractivity contribution in [3.05, 3.63) is 66.6 Å². The van der Waals surface area contributed by atoms with E-state index >= 15 is 0 Å². The van der Waals surface area contributed by atoms with Gasteiger partial charge in [0.05, 0.1) is 5.69 Å². The molecule has 4 heteroatoms. The predicted octanol–water partition coefficient (Wildman–Crippen LogP) is 5.64. The van der Waals surface area contributed by atoms with Gasteiger partial charge >= 0.3 is 0 Å². The lowest BCUT2D eigenvalue weighted by Crippen LogP contribution is -1.98. The summed E-state index contributed by atoms with van der Waals surface area (Å²) >= 11 is 0. The molecule has 0 spiro atoms. The van der Waals surface area contributed by atoms with Crippen molar-refractivity contribution < 1.29 is 0 Å². The van der Waals surface area contributed by atoms with Gasteiger partial charge in [0.2, 0.25) is 5.95 Å². The molecule has 0 aliphatic rings. The number of aromatic nitrogens is 3. The SMILES string of the molecule is CC.CC.Cc1cccc(Nc2nccc(-c3cccnc3)n2)c1. The minimum Gasteiger partial charge on any atom is -0.324 e. The lowest BCUT2D eigenvalue weighted by molar-refractivity contribution is 1.16. The highest BCUT2D eigenvalue weighted by atomic mass is 15.1. The zero-order valence-electron chi connectivity index (χ0n) is 15.1. The number of benzene rings is 1. The molecule has 0 fully saturated rings. The highest BCUT2D eigenvalue weighted by Gasteiger charge is 2.02. The van der Waals surface area contributed by atoms with Crippen LogP contribution in [0.5, 0.6) is 0 Å². The lowest BCUT2D eigenvalue weighted by Gasteiger charge is -2.07. The van der Waals surface area contributed by atoms with Crippen LogP contribution in [0.4, 0.5) is 11.6 Å². The maximum atomic E-state index is 4.51. The molecule has 0 amide bonds. The van der Waals surface area contributed by atoms with Crippen LogP contribution in [-0.2, 0) is 0 Å². The second-order valence-electron chi connectivity index (χ2n) is 4.50. The highest BCUT2D eigenvalue weighted by Crippen LogP contribution is 2.18. The van der Waals surface area contributed by atoms with E-state index in [1.54, 1.807) is 18.6 Å². The molecule has 0 saturated carbocycles. The Hall–Kier alpha value is -2.75. The number of aryl methyl sites for hydroxylation is 1. The molecule has 1 N–H and O–H groups in total. The van der Waals surface area contributed by atoms with Gasteiger partial charge in [-0.1, -0.05) is 39.8 Å². The molecule has 0 aliphatic heterocycles. The second-order valence-corrected chi connectivity index (χ2v) is 4.50. The number of anilines is 2. The average Bonchev–Trinajstić information content (AvgIpc) is 2.66. The molecule has 0 saturated heterocycles. The van der Waals surface area contributed by atoms with Crippen molar-refractivity contribution in [1.29, 1.82) is 0 Å². The molecule has 2 aromatic heterocycles. The zero-order chi connectivity index (χ0) is 17.8. The molecule has 2 heterocycles. The Labute approximate surface area is 145 Å². The van der Waals surface area contributed by atoms with Crippen LogP contribution in [0, 0.1) is 6.92 Å². The van der Waals surface area contributed by atoms with Gasteiger partial charge in [0.1, 0.15) is 0 Å². The summed E-state index contributed by atoms with van der Waals surface area (Å²) < 4.78 is 0. The Bertz CT molecular complexity index is 712. The monoisotopic (exact) mass is 322 g/mol. The summed E-state index contributed by atoms with van der Waals surface area (Å²) in [6, 6.07) is 13.9. The number of rotatable bonds is 3. The Morgan fingerprint density at radius 3 is 2.33 bits per heavy atom. The Morgan fingerprint density at radius 1 is 0.875 bits per heavy atom. The summed E-state index contributed by atoms with van der Waals surface area (Å²) in [6.07, 6.45) is 5.28. The average molecular weight is 322 g/mol. The van der Waals surface area contributed by atoms with Crippen molar-refractivity contribution in [2.24, 2.45) is 0 Å². The van der Waals surface area contributed by atoms with Gasteiger partial charge in [0, 0.05) is 29.8 Å². The first-order valence-electron chi connectivity index (χ1n) is 8.38. The largest absolute Gasteiger partial charge is 0.324 e. The van der Waals surface area contributed by atoms with Gasteiger partial charge in [-0.25, -0.2) is 9.97 Å². The third kappa shape index (κ3) is 5.80. The molecule has 0 aliphatic carbocycles. The van der Waals surface area contributed by atoms with Gasteiger partial charge in [-0.15, -0.1) is 0 Å². The summed E-state index contributed by atoms with van der Waals surface area (Å²) in [4.78, 5) is 12.9. The summed E-state index contributed by atoms with van der Waals surface area (Å²) in [7, 11) is 0. The summed E-state index contributed by atoms with van der Waals surface area (Å²) in [5.41, 5.74) is 4.00. The van der Waals surface area contributed by atoms with Crippen LogP contribution in [0.15, 0.2) is 61.1 Å². The summed E-state index contributed by atoms with van der Waals surface area (Å²) in [5.74, 6) is 0.581. The number of nitrogens with zero attached hydrogens (tertiary/aromatic N) is 3. The van der Waals surface area contributed by atoms with Gasteiger partial charge in [0.15, 0.2) is 0 Å². The fourth-order valence-electron chi connectivity index (χ4n) is 1.95. The molecule has 4 nitrogen and oxygen atoms in total. The third-order valence-electron chi connectivity index (χ3n) is 2.89. The maximum absolute atomic E-state index is 4.51. The fraction of sp³-hybridized carbons (Fsp3) is 0.250. The van der Waals surface area contributed by atoms with Crippen molar-refractivity contribution in [2.75, 3.05) is 5.32 Å². The van der Waals surface area contributed by atoms with E-state index in [1.807, 2.05) is 58.0 Å². The number of hydrogen-bond donors (Lipinski definition) is 1. The molecule has 24 heavy (non-hydrogen) atoms. The van der Waals surface area contributed by atoms with E-state index in [2.05, 4.69) is 39.3 Å². The third-order valence-corrected chi connectivity index (χ3v) is 2.89. The van der Waals surface area contributed by atoms with Gasteiger partial charge in [-0.05, 0) is 42.8 Å². The number of hydrogen-bond acceptors (Lipinski definition) is 4. The molecule has 0 radical (unpaired) electrons. The molecule has 3 aromatic rings. The Balaban J connectivity index is 0.000000671. The summed E-state index contributed by atoms with van der Waals surface area (Å²) in [6.45, 7) is 10.1. The van der Waals surface area contributed by atoms with Crippen LogP contribution in [0.3, 0.4) is 0 Å². The first kappa shape index (κ1) is 19.3. The minimum absolute atomic E-state index is 0.581. The van der Waals surface area contributed by atoms with Gasteiger partial charge in [0.25, 0.3) is 0 Å². The molecular weight excluding hydrogens is 296 g/mol. The van der Waals surface area contributed by atoms with Gasteiger partial charge in [-0.2, -0.15) is 0 Å². The van der Waals surface area contributed by atoms with Crippen molar-refractivity contribution in [2.45, 2.75) is 34.6 Å². The Morgan fingerprint density at radius 2 is 1.67 bits per heavy atom.